The van der Waals surface area contributed by atoms with E-state index in [9.17, 15) is 9.59 Å². The molecule has 2 aromatic rings. The van der Waals surface area contributed by atoms with E-state index in [0.717, 1.165) is 31.5 Å². The number of carbonyl (C=O) groups excluding carboxylic acids is 2. The summed E-state index contributed by atoms with van der Waals surface area (Å²) < 4.78 is 7.18. The number of benzene rings is 1. The third-order valence-corrected chi connectivity index (χ3v) is 5.78. The maximum atomic E-state index is 12.6. The molecule has 1 aromatic carbocycles. The lowest BCUT2D eigenvalue weighted by atomic mass is 10.0. The van der Waals surface area contributed by atoms with Gasteiger partial charge in [-0.1, -0.05) is 29.8 Å². The van der Waals surface area contributed by atoms with Crippen LogP contribution in [0.5, 0.6) is 0 Å². The number of aromatic nitrogens is 2. The van der Waals surface area contributed by atoms with Crippen LogP contribution in [0.25, 0.3) is 0 Å². The SMILES string of the molecule is CN(C(=O)OC(C)(C)C)C1CCN(CC(=O)Nc2ccnn2Cc2ccccc2Cl)CC1. The Kier molecular flexibility index (Phi) is 7.79. The molecule has 8 nitrogen and oxygen atoms in total. The number of carbonyl (C=O) groups is 2. The van der Waals surface area contributed by atoms with Crippen molar-refractivity contribution >= 4 is 29.4 Å². The van der Waals surface area contributed by atoms with Gasteiger partial charge in [0.1, 0.15) is 11.4 Å². The van der Waals surface area contributed by atoms with Crippen LogP contribution in [0.1, 0.15) is 39.2 Å². The maximum Gasteiger partial charge on any atom is 0.410 e. The van der Waals surface area contributed by atoms with Gasteiger partial charge >= 0.3 is 6.09 Å². The highest BCUT2D eigenvalue weighted by atomic mass is 35.5. The topological polar surface area (TPSA) is 79.7 Å². The van der Waals surface area contributed by atoms with E-state index in [1.54, 1.807) is 28.9 Å². The Morgan fingerprint density at radius 2 is 1.91 bits per heavy atom. The molecule has 9 heteroatoms. The van der Waals surface area contributed by atoms with Crippen LogP contribution in [0.15, 0.2) is 36.5 Å². The van der Waals surface area contributed by atoms with E-state index >= 15 is 0 Å². The molecule has 0 atom stereocenters. The van der Waals surface area contributed by atoms with E-state index in [-0.39, 0.29) is 18.0 Å². The van der Waals surface area contributed by atoms with Gasteiger partial charge in [-0.3, -0.25) is 9.69 Å². The summed E-state index contributed by atoms with van der Waals surface area (Å²) in [6, 6.07) is 9.47. The summed E-state index contributed by atoms with van der Waals surface area (Å²) in [6.07, 6.45) is 2.95. The molecule has 2 heterocycles. The molecule has 1 aliphatic heterocycles. The molecule has 2 amide bonds. The summed E-state index contributed by atoms with van der Waals surface area (Å²) in [4.78, 5) is 28.7. The van der Waals surface area contributed by atoms with E-state index < -0.39 is 5.60 Å². The summed E-state index contributed by atoms with van der Waals surface area (Å²) in [5.74, 6) is 0.541. The van der Waals surface area contributed by atoms with Crippen molar-refractivity contribution in [3.05, 3.63) is 47.1 Å². The van der Waals surface area contributed by atoms with E-state index in [4.69, 9.17) is 16.3 Å². The van der Waals surface area contributed by atoms with E-state index in [2.05, 4.69) is 15.3 Å². The van der Waals surface area contributed by atoms with E-state index in [0.29, 0.717) is 23.9 Å². The molecule has 3 rings (SSSR count). The van der Waals surface area contributed by atoms with Crippen LogP contribution in [0, 0.1) is 0 Å². The fraction of sp³-hybridized carbons (Fsp3) is 0.522. The Hall–Kier alpha value is -2.58. The van der Waals surface area contributed by atoms with Crippen molar-refractivity contribution in [1.29, 1.82) is 0 Å². The summed E-state index contributed by atoms with van der Waals surface area (Å²) in [7, 11) is 1.78. The van der Waals surface area contributed by atoms with Gasteiger partial charge in [-0.25, -0.2) is 9.48 Å². The van der Waals surface area contributed by atoms with Gasteiger partial charge in [0.25, 0.3) is 0 Å². The van der Waals surface area contributed by atoms with Crippen LogP contribution < -0.4 is 5.32 Å². The number of amides is 2. The fourth-order valence-corrected chi connectivity index (χ4v) is 3.88. The quantitative estimate of drug-likeness (QED) is 0.706. The summed E-state index contributed by atoms with van der Waals surface area (Å²) in [5.41, 5.74) is 0.423. The first-order valence-electron chi connectivity index (χ1n) is 10.9. The average molecular weight is 462 g/mol. The molecule has 0 unspecified atom stereocenters. The van der Waals surface area contributed by atoms with Gasteiger partial charge in [-0.2, -0.15) is 5.10 Å². The van der Waals surface area contributed by atoms with Crippen molar-refractivity contribution in [3.8, 4) is 0 Å². The van der Waals surface area contributed by atoms with Crippen LogP contribution >= 0.6 is 11.6 Å². The van der Waals surface area contributed by atoms with Gasteiger partial charge in [-0.15, -0.1) is 0 Å². The Balaban J connectivity index is 1.48. The van der Waals surface area contributed by atoms with Crippen molar-refractivity contribution in [2.24, 2.45) is 0 Å². The zero-order chi connectivity index (χ0) is 23.3. The number of nitrogens with zero attached hydrogens (tertiary/aromatic N) is 4. The Morgan fingerprint density at radius 1 is 1.22 bits per heavy atom. The first-order valence-corrected chi connectivity index (χ1v) is 11.2. The predicted molar refractivity (Wildman–Crippen MR) is 125 cm³/mol. The molecule has 174 valence electrons. The number of likely N-dealkylation sites (tertiary alicyclic amines) is 1. The predicted octanol–water partition coefficient (Wildman–Crippen LogP) is 3.85. The number of piperidine rings is 1. The van der Waals surface area contributed by atoms with Crippen molar-refractivity contribution in [3.63, 3.8) is 0 Å². The Bertz CT molecular complexity index is 932. The molecule has 1 N–H and O–H groups in total. The average Bonchev–Trinajstić information content (AvgIpc) is 3.15. The lowest BCUT2D eigenvalue weighted by Gasteiger charge is -2.37. The van der Waals surface area contributed by atoms with Gasteiger partial charge in [0.15, 0.2) is 0 Å². The number of rotatable bonds is 6. The van der Waals surface area contributed by atoms with Crippen molar-refractivity contribution in [2.75, 3.05) is 32.0 Å². The number of hydrogen-bond acceptors (Lipinski definition) is 5. The van der Waals surface area contributed by atoms with Crippen LogP contribution in [0.2, 0.25) is 5.02 Å². The molecule has 1 fully saturated rings. The van der Waals surface area contributed by atoms with Crippen LogP contribution in [-0.4, -0.2) is 69.9 Å². The van der Waals surface area contributed by atoms with E-state index in [1.807, 2.05) is 45.0 Å². The smallest absolute Gasteiger partial charge is 0.410 e. The third-order valence-electron chi connectivity index (χ3n) is 5.42. The molecule has 1 saturated heterocycles. The van der Waals surface area contributed by atoms with Gasteiger partial charge < -0.3 is 15.0 Å². The Labute approximate surface area is 194 Å². The third kappa shape index (κ3) is 6.71. The monoisotopic (exact) mass is 461 g/mol. The van der Waals surface area contributed by atoms with Crippen molar-refractivity contribution in [1.82, 2.24) is 19.6 Å². The van der Waals surface area contributed by atoms with Crippen LogP contribution in [0.4, 0.5) is 10.6 Å². The zero-order valence-corrected chi connectivity index (χ0v) is 19.9. The number of anilines is 1. The molecule has 0 aliphatic carbocycles. The number of halogens is 1. The number of ether oxygens (including phenoxy) is 1. The fourth-order valence-electron chi connectivity index (χ4n) is 3.69. The van der Waals surface area contributed by atoms with Gasteiger partial charge in [-0.05, 0) is 45.2 Å². The zero-order valence-electron chi connectivity index (χ0n) is 19.2. The van der Waals surface area contributed by atoms with Crippen LogP contribution in [-0.2, 0) is 16.1 Å². The molecular formula is C23H32ClN5O3. The highest BCUT2D eigenvalue weighted by Crippen LogP contribution is 2.20. The normalized spacial score (nSPS) is 15.4. The van der Waals surface area contributed by atoms with Gasteiger partial charge in [0.05, 0.1) is 19.3 Å². The van der Waals surface area contributed by atoms with Gasteiger partial charge in [0.2, 0.25) is 5.91 Å². The molecule has 0 bridgehead atoms. The molecule has 0 radical (unpaired) electrons. The molecule has 1 aliphatic rings. The number of hydrogen-bond donors (Lipinski definition) is 1. The summed E-state index contributed by atoms with van der Waals surface area (Å²) >= 11 is 6.25. The summed E-state index contributed by atoms with van der Waals surface area (Å²) in [6.45, 7) is 7.83. The lowest BCUT2D eigenvalue weighted by Crippen LogP contribution is -2.48. The first-order chi connectivity index (χ1) is 15.1. The second-order valence-corrected chi connectivity index (χ2v) is 9.52. The van der Waals surface area contributed by atoms with Crippen LogP contribution in [0.3, 0.4) is 0 Å². The molecule has 1 aromatic heterocycles. The second-order valence-electron chi connectivity index (χ2n) is 9.11. The van der Waals surface area contributed by atoms with Crippen molar-refractivity contribution in [2.45, 2.75) is 51.8 Å². The van der Waals surface area contributed by atoms with Crippen molar-refractivity contribution < 1.29 is 14.3 Å². The van der Waals surface area contributed by atoms with E-state index in [1.165, 1.54) is 0 Å². The minimum absolute atomic E-state index is 0.0927. The highest BCUT2D eigenvalue weighted by Gasteiger charge is 2.29. The maximum absolute atomic E-state index is 12.6. The lowest BCUT2D eigenvalue weighted by molar-refractivity contribution is -0.117. The molecule has 0 spiro atoms. The molecule has 0 saturated carbocycles. The molecular weight excluding hydrogens is 430 g/mol. The largest absolute Gasteiger partial charge is 0.444 e. The minimum atomic E-state index is -0.511. The summed E-state index contributed by atoms with van der Waals surface area (Å²) in [5, 5.41) is 7.92. The first kappa shape index (κ1) is 24.1. The second kappa shape index (κ2) is 10.4. The highest BCUT2D eigenvalue weighted by molar-refractivity contribution is 6.31. The van der Waals surface area contributed by atoms with Gasteiger partial charge in [0, 0.05) is 37.3 Å². The standard InChI is InChI=1S/C23H32ClN5O3/c1-23(2,3)32-22(31)27(4)18-10-13-28(14-11-18)16-21(30)26-20-9-12-25-29(20)15-17-7-5-6-8-19(17)24/h5-9,12,18H,10-11,13-16H2,1-4H3,(H,26,30). The Morgan fingerprint density at radius 3 is 2.56 bits per heavy atom. The number of nitrogens with one attached hydrogen (secondary N) is 1. The minimum Gasteiger partial charge on any atom is -0.444 e. The molecule has 32 heavy (non-hydrogen) atoms.